The van der Waals surface area contributed by atoms with Crippen molar-refractivity contribution >= 4 is 27.7 Å². The van der Waals surface area contributed by atoms with Crippen LogP contribution < -0.4 is 4.90 Å². The Morgan fingerprint density at radius 1 is 1.08 bits per heavy atom. The summed E-state index contributed by atoms with van der Waals surface area (Å²) in [7, 11) is 0. The van der Waals surface area contributed by atoms with Crippen molar-refractivity contribution in [3.05, 3.63) is 64.6 Å². The van der Waals surface area contributed by atoms with Gasteiger partial charge in [0.1, 0.15) is 6.10 Å². The molecule has 5 rings (SSSR count). The van der Waals surface area contributed by atoms with Gasteiger partial charge < -0.3 is 4.74 Å². The van der Waals surface area contributed by atoms with Crippen molar-refractivity contribution in [2.24, 2.45) is 5.92 Å². The molecule has 2 aromatic carbocycles. The van der Waals surface area contributed by atoms with Gasteiger partial charge in [0.15, 0.2) is 0 Å². The highest BCUT2D eigenvalue weighted by atomic mass is 79.9. The maximum Gasteiger partial charge on any atom is 0.414 e. The van der Waals surface area contributed by atoms with E-state index in [1.807, 2.05) is 54.6 Å². The third-order valence-electron chi connectivity index (χ3n) is 5.42. The van der Waals surface area contributed by atoms with Crippen molar-refractivity contribution in [3.8, 4) is 0 Å². The zero-order valence-corrected chi connectivity index (χ0v) is 16.3. The molecule has 3 saturated heterocycles. The Labute approximate surface area is 162 Å². The number of carbonyl (C=O) groups is 1. The minimum Gasteiger partial charge on any atom is -0.444 e. The van der Waals surface area contributed by atoms with E-state index >= 15 is 0 Å². The number of amides is 1. The van der Waals surface area contributed by atoms with Gasteiger partial charge in [-0.05, 0) is 55.6 Å². The van der Waals surface area contributed by atoms with Crippen molar-refractivity contribution in [2.45, 2.75) is 25.5 Å². The Balaban J connectivity index is 1.54. The van der Waals surface area contributed by atoms with Gasteiger partial charge in [-0.2, -0.15) is 0 Å². The summed E-state index contributed by atoms with van der Waals surface area (Å²) in [5.74, 6) is 0.505. The fraction of sp³-hybridized carbons (Fsp3) is 0.381. The molecule has 0 N–H and O–H groups in total. The van der Waals surface area contributed by atoms with Crippen LogP contribution in [-0.4, -0.2) is 36.7 Å². The number of hydrogen-bond acceptors (Lipinski definition) is 3. The number of para-hydroxylation sites is 1. The van der Waals surface area contributed by atoms with E-state index < -0.39 is 0 Å². The maximum absolute atomic E-state index is 13.1. The molecule has 3 heterocycles. The van der Waals surface area contributed by atoms with Crippen LogP contribution in [0.25, 0.3) is 0 Å². The molecule has 136 valence electrons. The van der Waals surface area contributed by atoms with Gasteiger partial charge in [-0.3, -0.25) is 9.80 Å². The molecule has 3 aliphatic rings. The summed E-state index contributed by atoms with van der Waals surface area (Å²) in [6, 6.07) is 17.8. The monoisotopic (exact) mass is 414 g/mol. The molecule has 0 radical (unpaired) electrons. The molecule has 0 saturated carbocycles. The highest BCUT2D eigenvalue weighted by Gasteiger charge is 2.37. The molecule has 1 atom stereocenters. The average Bonchev–Trinajstić information content (AvgIpc) is 2.69. The summed E-state index contributed by atoms with van der Waals surface area (Å²) in [6.45, 7) is 3.62. The molecular weight excluding hydrogens is 392 g/mol. The first-order valence-electron chi connectivity index (χ1n) is 9.19. The SMILES string of the molecule is O=C(OC1CN2CCC1CC2)N(Cc1ccccc1Br)c1ccccc1. The van der Waals surface area contributed by atoms with E-state index in [1.54, 1.807) is 4.90 Å². The quantitative estimate of drug-likeness (QED) is 0.727. The Bertz CT molecular complexity index is 760. The lowest BCUT2D eigenvalue weighted by Gasteiger charge is -2.44. The Morgan fingerprint density at radius 2 is 1.77 bits per heavy atom. The predicted octanol–water partition coefficient (Wildman–Crippen LogP) is 4.69. The van der Waals surface area contributed by atoms with Gasteiger partial charge in [0.25, 0.3) is 0 Å². The summed E-state index contributed by atoms with van der Waals surface area (Å²) in [4.78, 5) is 17.2. The second-order valence-electron chi connectivity index (χ2n) is 7.07. The molecule has 1 unspecified atom stereocenters. The molecule has 5 heteroatoms. The van der Waals surface area contributed by atoms with Crippen molar-refractivity contribution in [3.63, 3.8) is 0 Å². The first kappa shape index (κ1) is 17.6. The van der Waals surface area contributed by atoms with E-state index in [9.17, 15) is 4.79 Å². The first-order valence-corrected chi connectivity index (χ1v) is 9.99. The molecule has 1 amide bonds. The molecule has 26 heavy (non-hydrogen) atoms. The van der Waals surface area contributed by atoms with Crippen LogP contribution >= 0.6 is 15.9 Å². The highest BCUT2D eigenvalue weighted by Crippen LogP contribution is 2.31. The molecule has 2 aromatic rings. The van der Waals surface area contributed by atoms with Gasteiger partial charge in [-0.15, -0.1) is 0 Å². The fourth-order valence-corrected chi connectivity index (χ4v) is 4.31. The Morgan fingerprint density at radius 3 is 2.42 bits per heavy atom. The summed E-state index contributed by atoms with van der Waals surface area (Å²) in [6.07, 6.45) is 2.02. The van der Waals surface area contributed by atoms with Gasteiger partial charge >= 0.3 is 6.09 Å². The fourth-order valence-electron chi connectivity index (χ4n) is 3.90. The summed E-state index contributed by atoms with van der Waals surface area (Å²) >= 11 is 3.59. The standard InChI is InChI=1S/C21H23BrN2O2/c22-19-9-5-4-6-17(19)14-24(18-7-2-1-3-8-18)21(25)26-20-15-23-12-10-16(20)11-13-23/h1-9,16,20H,10-15H2. The largest absolute Gasteiger partial charge is 0.444 e. The minimum atomic E-state index is -0.259. The number of anilines is 1. The van der Waals surface area contributed by atoms with Gasteiger partial charge in [0.05, 0.1) is 6.54 Å². The highest BCUT2D eigenvalue weighted by molar-refractivity contribution is 9.10. The molecule has 3 aliphatic heterocycles. The summed E-state index contributed by atoms with van der Waals surface area (Å²) in [5, 5.41) is 0. The smallest absolute Gasteiger partial charge is 0.414 e. The number of halogens is 1. The van der Waals surface area contributed by atoms with Crippen LogP contribution in [0.3, 0.4) is 0 Å². The van der Waals surface area contributed by atoms with E-state index in [2.05, 4.69) is 20.8 Å². The maximum atomic E-state index is 13.1. The topological polar surface area (TPSA) is 32.8 Å². The van der Waals surface area contributed by atoms with Gasteiger partial charge in [0.2, 0.25) is 0 Å². The van der Waals surface area contributed by atoms with E-state index in [1.165, 1.54) is 0 Å². The average molecular weight is 415 g/mol. The lowest BCUT2D eigenvalue weighted by atomic mass is 9.86. The number of carbonyl (C=O) groups excluding carboxylic acids is 1. The Hall–Kier alpha value is -1.85. The van der Waals surface area contributed by atoms with Crippen LogP contribution in [0.15, 0.2) is 59.1 Å². The van der Waals surface area contributed by atoms with Crippen LogP contribution in [0, 0.1) is 5.92 Å². The normalized spacial score (nSPS) is 24.3. The molecule has 0 aromatic heterocycles. The number of rotatable bonds is 4. The van der Waals surface area contributed by atoms with Crippen LogP contribution in [0.2, 0.25) is 0 Å². The second kappa shape index (κ2) is 7.80. The van der Waals surface area contributed by atoms with Crippen LogP contribution in [0.4, 0.5) is 10.5 Å². The number of hydrogen-bond donors (Lipinski definition) is 0. The molecule has 0 aliphatic carbocycles. The van der Waals surface area contributed by atoms with Gasteiger partial charge in [-0.25, -0.2) is 4.79 Å². The lowest BCUT2D eigenvalue weighted by Crippen LogP contribution is -2.53. The Kier molecular flexibility index (Phi) is 5.27. The van der Waals surface area contributed by atoms with Crippen LogP contribution in [0.1, 0.15) is 18.4 Å². The molecule has 4 nitrogen and oxygen atoms in total. The van der Waals surface area contributed by atoms with Crippen LogP contribution in [-0.2, 0) is 11.3 Å². The van der Waals surface area contributed by atoms with Gasteiger partial charge in [0, 0.05) is 16.7 Å². The third-order valence-corrected chi connectivity index (χ3v) is 6.20. The predicted molar refractivity (Wildman–Crippen MR) is 106 cm³/mol. The van der Waals surface area contributed by atoms with Crippen LogP contribution in [0.5, 0.6) is 0 Å². The van der Waals surface area contributed by atoms with Gasteiger partial charge in [-0.1, -0.05) is 52.3 Å². The molecule has 3 fully saturated rings. The number of fused-ring (bicyclic) bond motifs is 3. The zero-order chi connectivity index (χ0) is 17.9. The van der Waals surface area contributed by atoms with E-state index in [0.29, 0.717) is 12.5 Å². The second-order valence-corrected chi connectivity index (χ2v) is 7.93. The van der Waals surface area contributed by atoms with E-state index in [-0.39, 0.29) is 12.2 Å². The van der Waals surface area contributed by atoms with E-state index in [0.717, 1.165) is 48.2 Å². The summed E-state index contributed by atoms with van der Waals surface area (Å²) in [5.41, 5.74) is 1.91. The van der Waals surface area contributed by atoms with Crippen molar-refractivity contribution in [2.75, 3.05) is 24.5 Å². The number of ether oxygens (including phenoxy) is 1. The number of benzene rings is 2. The molecule has 0 spiro atoms. The molecular formula is C21H23BrN2O2. The summed E-state index contributed by atoms with van der Waals surface area (Å²) < 4.78 is 6.98. The van der Waals surface area contributed by atoms with E-state index in [4.69, 9.17) is 4.74 Å². The minimum absolute atomic E-state index is 0.00965. The number of piperidine rings is 3. The van der Waals surface area contributed by atoms with Crippen molar-refractivity contribution in [1.29, 1.82) is 0 Å². The first-order chi connectivity index (χ1) is 12.7. The van der Waals surface area contributed by atoms with Crippen molar-refractivity contribution < 1.29 is 9.53 Å². The lowest BCUT2D eigenvalue weighted by molar-refractivity contribution is -0.0311. The van der Waals surface area contributed by atoms with Crippen molar-refractivity contribution in [1.82, 2.24) is 4.90 Å². The molecule has 2 bridgehead atoms. The number of nitrogens with zero attached hydrogens (tertiary/aromatic N) is 2. The zero-order valence-electron chi connectivity index (χ0n) is 14.7. The third kappa shape index (κ3) is 3.79.